The number of amides is 3. The highest BCUT2D eigenvalue weighted by Gasteiger charge is 2.27. The molecule has 0 saturated carbocycles. The Bertz CT molecular complexity index is 384. The number of carbonyl (C=O) groups excluding carboxylic acids is 3. The molecule has 0 aliphatic carbocycles. The molecule has 92 valence electrons. The van der Waals surface area contributed by atoms with Gasteiger partial charge in [0.1, 0.15) is 0 Å². The number of hydrogen-bond donors (Lipinski definition) is 1. The van der Waals surface area contributed by atoms with E-state index in [0.717, 1.165) is 50.5 Å². The molecule has 2 aliphatic rings. The van der Waals surface area contributed by atoms with Gasteiger partial charge in [0.2, 0.25) is 5.91 Å². The Morgan fingerprint density at radius 1 is 1.18 bits per heavy atom. The number of nitrogens with one attached hydrogen (secondary N) is 1. The van der Waals surface area contributed by atoms with Crippen LogP contribution in [0.1, 0.15) is 25.7 Å². The lowest BCUT2D eigenvalue weighted by Crippen LogP contribution is -2.30. The smallest absolute Gasteiger partial charge is 0.290 e. The summed E-state index contributed by atoms with van der Waals surface area (Å²) >= 11 is 0.785. The van der Waals surface area contributed by atoms with E-state index in [2.05, 4.69) is 5.32 Å². The lowest BCUT2D eigenvalue weighted by molar-refractivity contribution is -0.126. The van der Waals surface area contributed by atoms with Crippen molar-refractivity contribution in [1.29, 1.82) is 0 Å². The lowest BCUT2D eigenvalue weighted by Gasteiger charge is -2.18. The molecule has 2 heterocycles. The van der Waals surface area contributed by atoms with Crippen LogP contribution in [0, 0.1) is 0 Å². The van der Waals surface area contributed by atoms with E-state index in [-0.39, 0.29) is 10.8 Å². The molecule has 0 spiro atoms. The third kappa shape index (κ3) is 3.09. The highest BCUT2D eigenvalue weighted by atomic mass is 32.2. The molecule has 0 unspecified atom stereocenters. The molecule has 0 aromatic heterocycles. The van der Waals surface area contributed by atoms with E-state index >= 15 is 0 Å². The summed E-state index contributed by atoms with van der Waals surface area (Å²) in [6.45, 7) is 1.48. The fraction of sp³-hybridized carbons (Fsp3) is 0.545. The molecule has 2 saturated heterocycles. The maximum atomic E-state index is 11.9. The molecule has 2 aliphatic heterocycles. The topological polar surface area (TPSA) is 66.5 Å². The van der Waals surface area contributed by atoms with Crippen molar-refractivity contribution in [3.8, 4) is 0 Å². The average Bonchev–Trinajstić information content (AvgIpc) is 2.54. The molecule has 0 atom stereocenters. The molecule has 1 N–H and O–H groups in total. The van der Waals surface area contributed by atoms with Crippen LogP contribution < -0.4 is 5.32 Å². The first kappa shape index (κ1) is 12.2. The van der Waals surface area contributed by atoms with E-state index in [0.29, 0.717) is 0 Å². The Labute approximate surface area is 104 Å². The van der Waals surface area contributed by atoms with Crippen molar-refractivity contribution in [3.63, 3.8) is 0 Å². The third-order valence-electron chi connectivity index (χ3n) is 2.81. The summed E-state index contributed by atoms with van der Waals surface area (Å²) in [5.41, 5.74) is 0. The minimum Gasteiger partial charge on any atom is -0.339 e. The number of nitrogens with zero attached hydrogens (tertiary/aromatic N) is 1. The van der Waals surface area contributed by atoms with Crippen LogP contribution in [0.25, 0.3) is 0 Å². The van der Waals surface area contributed by atoms with Crippen LogP contribution in [0.5, 0.6) is 0 Å². The van der Waals surface area contributed by atoms with E-state index in [1.807, 2.05) is 0 Å². The Balaban J connectivity index is 2.02. The van der Waals surface area contributed by atoms with Crippen molar-refractivity contribution >= 4 is 28.8 Å². The van der Waals surface area contributed by atoms with Crippen LogP contribution >= 0.6 is 11.8 Å². The van der Waals surface area contributed by atoms with Crippen molar-refractivity contribution in [2.75, 3.05) is 13.1 Å². The van der Waals surface area contributed by atoms with Gasteiger partial charge in [-0.1, -0.05) is 12.8 Å². The molecule has 0 radical (unpaired) electrons. The minimum atomic E-state index is -0.469. The summed E-state index contributed by atoms with van der Waals surface area (Å²) in [7, 11) is 0. The predicted octanol–water partition coefficient (Wildman–Crippen LogP) is 1.26. The summed E-state index contributed by atoms with van der Waals surface area (Å²) in [4.78, 5) is 36.1. The number of carbonyl (C=O) groups is 3. The number of thioether (sulfide) groups is 1. The monoisotopic (exact) mass is 254 g/mol. The number of imide groups is 1. The van der Waals surface area contributed by atoms with Gasteiger partial charge in [-0.2, -0.15) is 0 Å². The number of rotatable bonds is 1. The summed E-state index contributed by atoms with van der Waals surface area (Å²) in [6, 6.07) is 0. The maximum absolute atomic E-state index is 11.9. The molecule has 17 heavy (non-hydrogen) atoms. The van der Waals surface area contributed by atoms with E-state index in [1.54, 1.807) is 4.90 Å². The van der Waals surface area contributed by atoms with Crippen LogP contribution in [-0.4, -0.2) is 35.0 Å². The van der Waals surface area contributed by atoms with Gasteiger partial charge in [0, 0.05) is 19.2 Å². The van der Waals surface area contributed by atoms with Crippen LogP contribution in [0.2, 0.25) is 0 Å². The summed E-state index contributed by atoms with van der Waals surface area (Å²) < 4.78 is 0. The zero-order chi connectivity index (χ0) is 12.3. The van der Waals surface area contributed by atoms with Crippen molar-refractivity contribution < 1.29 is 14.4 Å². The second kappa shape index (κ2) is 5.35. The Morgan fingerprint density at radius 2 is 1.82 bits per heavy atom. The molecule has 6 heteroatoms. The molecule has 2 rings (SSSR count). The fourth-order valence-electron chi connectivity index (χ4n) is 1.92. The van der Waals surface area contributed by atoms with Crippen molar-refractivity contribution in [2.45, 2.75) is 25.7 Å². The van der Waals surface area contributed by atoms with E-state index in [9.17, 15) is 14.4 Å². The van der Waals surface area contributed by atoms with Crippen LogP contribution in [-0.2, 0) is 9.59 Å². The Kier molecular flexibility index (Phi) is 3.83. The van der Waals surface area contributed by atoms with Gasteiger partial charge in [-0.15, -0.1) is 0 Å². The van der Waals surface area contributed by atoms with Gasteiger partial charge >= 0.3 is 0 Å². The molecule has 5 nitrogen and oxygen atoms in total. The van der Waals surface area contributed by atoms with Gasteiger partial charge in [-0.25, -0.2) is 0 Å². The molecular weight excluding hydrogens is 240 g/mol. The first-order valence-electron chi connectivity index (χ1n) is 5.70. The van der Waals surface area contributed by atoms with Gasteiger partial charge in [-0.3, -0.25) is 19.7 Å². The Hall–Kier alpha value is -1.30. The average molecular weight is 254 g/mol. The lowest BCUT2D eigenvalue weighted by atomic mass is 10.2. The second-order valence-electron chi connectivity index (χ2n) is 4.09. The molecular formula is C11H14N2O3S. The van der Waals surface area contributed by atoms with Crippen LogP contribution in [0.15, 0.2) is 11.0 Å². The Morgan fingerprint density at radius 3 is 2.35 bits per heavy atom. The quantitative estimate of drug-likeness (QED) is 0.715. The van der Waals surface area contributed by atoms with Gasteiger partial charge in [-0.05, 0) is 24.6 Å². The largest absolute Gasteiger partial charge is 0.339 e. The van der Waals surface area contributed by atoms with Gasteiger partial charge in [0.05, 0.1) is 4.91 Å². The highest BCUT2D eigenvalue weighted by molar-refractivity contribution is 8.18. The van der Waals surface area contributed by atoms with Crippen LogP contribution in [0.4, 0.5) is 4.79 Å². The van der Waals surface area contributed by atoms with Crippen molar-refractivity contribution in [1.82, 2.24) is 10.2 Å². The van der Waals surface area contributed by atoms with Crippen molar-refractivity contribution in [2.24, 2.45) is 0 Å². The summed E-state index contributed by atoms with van der Waals surface area (Å²) in [5, 5.41) is 1.72. The molecule has 2 fully saturated rings. The molecule has 3 amide bonds. The molecule has 0 aromatic rings. The first-order chi connectivity index (χ1) is 8.16. The second-order valence-corrected chi connectivity index (χ2v) is 5.11. The highest BCUT2D eigenvalue weighted by Crippen LogP contribution is 2.23. The fourth-order valence-corrected chi connectivity index (χ4v) is 2.56. The maximum Gasteiger partial charge on any atom is 0.290 e. The van der Waals surface area contributed by atoms with Gasteiger partial charge in [0.25, 0.3) is 11.1 Å². The minimum absolute atomic E-state index is 0.167. The zero-order valence-electron chi connectivity index (χ0n) is 9.40. The number of likely N-dealkylation sites (tertiary alicyclic amines) is 1. The van der Waals surface area contributed by atoms with Gasteiger partial charge < -0.3 is 4.90 Å². The van der Waals surface area contributed by atoms with Gasteiger partial charge in [0.15, 0.2) is 0 Å². The SMILES string of the molecule is O=C1NC(=O)/C(=C\C(=O)N2CCCCCC2)S1. The molecule has 0 bridgehead atoms. The first-order valence-corrected chi connectivity index (χ1v) is 6.52. The van der Waals surface area contributed by atoms with E-state index < -0.39 is 11.1 Å². The van der Waals surface area contributed by atoms with E-state index in [4.69, 9.17) is 0 Å². The van der Waals surface area contributed by atoms with Crippen molar-refractivity contribution in [3.05, 3.63) is 11.0 Å². The third-order valence-corrected chi connectivity index (χ3v) is 3.62. The normalized spacial score (nSPS) is 23.8. The van der Waals surface area contributed by atoms with Crippen LogP contribution in [0.3, 0.4) is 0 Å². The molecule has 0 aromatic carbocycles. The number of hydrogen-bond acceptors (Lipinski definition) is 4. The zero-order valence-corrected chi connectivity index (χ0v) is 10.2. The standard InChI is InChI=1S/C11H14N2O3S/c14-9(13-5-3-1-2-4-6-13)7-8-10(15)12-11(16)17-8/h7H,1-6H2,(H,12,15,16)/b8-7+. The predicted molar refractivity (Wildman–Crippen MR) is 64.3 cm³/mol. The summed E-state index contributed by atoms with van der Waals surface area (Å²) in [6.07, 6.45) is 5.58. The summed E-state index contributed by atoms with van der Waals surface area (Å²) in [5.74, 6) is -0.637. The van der Waals surface area contributed by atoms with E-state index in [1.165, 1.54) is 6.08 Å².